The third-order valence-electron chi connectivity index (χ3n) is 3.23. The first-order valence-corrected chi connectivity index (χ1v) is 6.90. The van der Waals surface area contributed by atoms with Crippen molar-refractivity contribution in [1.82, 2.24) is 4.90 Å². The van der Waals surface area contributed by atoms with Crippen molar-refractivity contribution in [3.8, 4) is 5.75 Å². The molecule has 0 aliphatic carbocycles. The summed E-state index contributed by atoms with van der Waals surface area (Å²) in [5, 5.41) is 10.7. The summed E-state index contributed by atoms with van der Waals surface area (Å²) in [7, 11) is 0. The van der Waals surface area contributed by atoms with Crippen LogP contribution in [0.1, 0.15) is 13.3 Å². The molecule has 6 nitrogen and oxygen atoms in total. The molecule has 0 radical (unpaired) electrons. The van der Waals surface area contributed by atoms with Crippen molar-refractivity contribution in [1.29, 1.82) is 0 Å². The van der Waals surface area contributed by atoms with Crippen LogP contribution < -0.4 is 4.74 Å². The fourth-order valence-corrected chi connectivity index (χ4v) is 2.28. The largest absolute Gasteiger partial charge is 0.491 e. The summed E-state index contributed by atoms with van der Waals surface area (Å²) in [5.41, 5.74) is 0.0414. The molecule has 1 atom stereocenters. The molecule has 0 amide bonds. The molecule has 1 fully saturated rings. The molecule has 110 valence electrons. The second kappa shape index (κ2) is 7.21. The monoisotopic (exact) mass is 280 g/mol. The lowest BCUT2D eigenvalue weighted by Gasteiger charge is -2.32. The maximum Gasteiger partial charge on any atom is 0.273 e. The molecule has 2 rings (SSSR count). The van der Waals surface area contributed by atoms with E-state index in [0.717, 1.165) is 26.1 Å². The predicted molar refractivity (Wildman–Crippen MR) is 75.1 cm³/mol. The van der Waals surface area contributed by atoms with E-state index in [1.165, 1.54) is 12.1 Å². The van der Waals surface area contributed by atoms with E-state index in [4.69, 9.17) is 9.47 Å². The van der Waals surface area contributed by atoms with Crippen LogP contribution in [0.3, 0.4) is 0 Å². The van der Waals surface area contributed by atoms with Crippen LogP contribution >= 0.6 is 0 Å². The Morgan fingerprint density at radius 2 is 2.40 bits per heavy atom. The van der Waals surface area contributed by atoms with Crippen molar-refractivity contribution in [3.05, 3.63) is 34.4 Å². The van der Waals surface area contributed by atoms with E-state index in [2.05, 4.69) is 11.8 Å². The number of non-ortho nitro benzene ring substituents is 1. The molecule has 1 aromatic carbocycles. The predicted octanol–water partition coefficient (Wildman–Crippen LogP) is 2.08. The lowest BCUT2D eigenvalue weighted by atomic mass is 10.2. The maximum atomic E-state index is 10.7. The van der Waals surface area contributed by atoms with Crippen LogP contribution in [0.4, 0.5) is 5.69 Å². The van der Waals surface area contributed by atoms with Gasteiger partial charge in [-0.25, -0.2) is 0 Å². The molecule has 0 saturated carbocycles. The zero-order valence-corrected chi connectivity index (χ0v) is 11.7. The third-order valence-corrected chi connectivity index (χ3v) is 3.23. The van der Waals surface area contributed by atoms with Crippen LogP contribution in [-0.2, 0) is 4.74 Å². The minimum absolute atomic E-state index is 0.0227. The van der Waals surface area contributed by atoms with E-state index in [-0.39, 0.29) is 11.8 Å². The van der Waals surface area contributed by atoms with Gasteiger partial charge in [-0.15, -0.1) is 0 Å². The second-order valence-corrected chi connectivity index (χ2v) is 4.86. The van der Waals surface area contributed by atoms with Crippen molar-refractivity contribution in [2.24, 2.45) is 0 Å². The van der Waals surface area contributed by atoms with E-state index in [1.54, 1.807) is 12.1 Å². The van der Waals surface area contributed by atoms with Crippen molar-refractivity contribution in [3.63, 3.8) is 0 Å². The Hall–Kier alpha value is -1.66. The lowest BCUT2D eigenvalue weighted by Crippen LogP contribution is -2.45. The van der Waals surface area contributed by atoms with E-state index in [9.17, 15) is 10.1 Å². The number of ether oxygens (including phenoxy) is 2. The minimum atomic E-state index is -0.424. The molecule has 1 saturated heterocycles. The highest BCUT2D eigenvalue weighted by Crippen LogP contribution is 2.19. The Bertz CT molecular complexity index is 451. The van der Waals surface area contributed by atoms with Gasteiger partial charge in [0, 0.05) is 19.2 Å². The molecule has 6 heteroatoms. The number of benzene rings is 1. The Morgan fingerprint density at radius 3 is 3.15 bits per heavy atom. The van der Waals surface area contributed by atoms with Gasteiger partial charge in [-0.2, -0.15) is 0 Å². The SMILES string of the molecule is CCCN1CCOC(COc2cccc([N+](=O)[O-])c2)C1. The van der Waals surface area contributed by atoms with Gasteiger partial charge >= 0.3 is 0 Å². The van der Waals surface area contributed by atoms with Gasteiger partial charge in [-0.05, 0) is 19.0 Å². The van der Waals surface area contributed by atoms with Crippen LogP contribution in [-0.4, -0.2) is 48.8 Å². The van der Waals surface area contributed by atoms with Gasteiger partial charge < -0.3 is 9.47 Å². The van der Waals surface area contributed by atoms with Crippen LogP contribution in [0.5, 0.6) is 5.75 Å². The smallest absolute Gasteiger partial charge is 0.273 e. The summed E-state index contributed by atoms with van der Waals surface area (Å²) < 4.78 is 11.3. The second-order valence-electron chi connectivity index (χ2n) is 4.86. The average molecular weight is 280 g/mol. The number of hydrogen-bond acceptors (Lipinski definition) is 5. The Balaban J connectivity index is 1.85. The van der Waals surface area contributed by atoms with Crippen molar-refractivity contribution >= 4 is 5.69 Å². The van der Waals surface area contributed by atoms with Gasteiger partial charge in [0.05, 0.1) is 17.6 Å². The first-order valence-electron chi connectivity index (χ1n) is 6.90. The van der Waals surface area contributed by atoms with Crippen molar-refractivity contribution in [2.75, 3.05) is 32.8 Å². The van der Waals surface area contributed by atoms with Crippen LogP contribution in [0.25, 0.3) is 0 Å². The number of nitro benzene ring substituents is 1. The summed E-state index contributed by atoms with van der Waals surface area (Å²) in [6, 6.07) is 6.23. The van der Waals surface area contributed by atoms with Crippen LogP contribution in [0.15, 0.2) is 24.3 Å². The Labute approximate surface area is 118 Å². The minimum Gasteiger partial charge on any atom is -0.491 e. The highest BCUT2D eigenvalue weighted by molar-refractivity contribution is 5.37. The molecule has 1 unspecified atom stereocenters. The molecular weight excluding hydrogens is 260 g/mol. The van der Waals surface area contributed by atoms with Crippen LogP contribution in [0.2, 0.25) is 0 Å². The zero-order chi connectivity index (χ0) is 14.4. The molecule has 0 aromatic heterocycles. The molecule has 0 spiro atoms. The highest BCUT2D eigenvalue weighted by Gasteiger charge is 2.20. The molecule has 0 N–H and O–H groups in total. The van der Waals surface area contributed by atoms with Gasteiger partial charge in [0.25, 0.3) is 5.69 Å². The Morgan fingerprint density at radius 1 is 1.55 bits per heavy atom. The number of nitrogens with zero attached hydrogens (tertiary/aromatic N) is 2. The fraction of sp³-hybridized carbons (Fsp3) is 0.571. The van der Waals surface area contributed by atoms with E-state index >= 15 is 0 Å². The van der Waals surface area contributed by atoms with E-state index in [0.29, 0.717) is 19.0 Å². The van der Waals surface area contributed by atoms with Crippen molar-refractivity contribution < 1.29 is 14.4 Å². The topological polar surface area (TPSA) is 64.8 Å². The normalized spacial score (nSPS) is 19.8. The number of rotatable bonds is 6. The summed E-state index contributed by atoms with van der Waals surface area (Å²) in [4.78, 5) is 12.6. The summed E-state index contributed by atoms with van der Waals surface area (Å²) in [6.45, 7) is 6.16. The fourth-order valence-electron chi connectivity index (χ4n) is 2.28. The first kappa shape index (κ1) is 14.7. The molecule has 20 heavy (non-hydrogen) atoms. The molecule has 1 aliphatic heterocycles. The van der Waals surface area contributed by atoms with Gasteiger partial charge in [0.1, 0.15) is 18.5 Å². The average Bonchev–Trinajstić information content (AvgIpc) is 2.46. The standard InChI is InChI=1S/C14H20N2O4/c1-2-6-15-7-8-19-14(10-15)11-20-13-5-3-4-12(9-13)16(17)18/h3-5,9,14H,2,6-8,10-11H2,1H3. The van der Waals surface area contributed by atoms with Gasteiger partial charge in [-0.3, -0.25) is 15.0 Å². The molecule has 0 bridgehead atoms. The molecule has 1 aliphatic rings. The highest BCUT2D eigenvalue weighted by atomic mass is 16.6. The van der Waals surface area contributed by atoms with E-state index in [1.807, 2.05) is 0 Å². The van der Waals surface area contributed by atoms with Gasteiger partial charge in [-0.1, -0.05) is 13.0 Å². The quantitative estimate of drug-likeness (QED) is 0.589. The van der Waals surface area contributed by atoms with Crippen molar-refractivity contribution in [2.45, 2.75) is 19.4 Å². The summed E-state index contributed by atoms with van der Waals surface area (Å²) in [5.74, 6) is 0.510. The maximum absolute atomic E-state index is 10.7. The Kier molecular flexibility index (Phi) is 5.31. The van der Waals surface area contributed by atoms with E-state index < -0.39 is 4.92 Å². The summed E-state index contributed by atoms with van der Waals surface area (Å²) >= 11 is 0. The number of hydrogen-bond donors (Lipinski definition) is 0. The van der Waals surface area contributed by atoms with Gasteiger partial charge in [0.15, 0.2) is 0 Å². The number of nitro groups is 1. The molecule has 1 heterocycles. The zero-order valence-electron chi connectivity index (χ0n) is 11.7. The lowest BCUT2D eigenvalue weighted by molar-refractivity contribution is -0.384. The molecule has 1 aromatic rings. The van der Waals surface area contributed by atoms with Crippen LogP contribution in [0, 0.1) is 10.1 Å². The summed E-state index contributed by atoms with van der Waals surface area (Å²) in [6.07, 6.45) is 1.15. The third kappa shape index (κ3) is 4.18. The first-order chi connectivity index (χ1) is 9.69. The van der Waals surface area contributed by atoms with Gasteiger partial charge in [0.2, 0.25) is 0 Å². The molecular formula is C14H20N2O4. The number of morpholine rings is 1.